The molecule has 0 aliphatic carbocycles. The smallest absolute Gasteiger partial charge is 0.332 e. The number of carbonyl (C=O) groups excluding carboxylic acids is 1. The highest BCUT2D eigenvalue weighted by molar-refractivity contribution is 7.80. The number of thiocarbonyl (C=S) groups is 1. The lowest BCUT2D eigenvalue weighted by molar-refractivity contribution is -0.136. The minimum absolute atomic E-state index is 0.0440. The maximum Gasteiger partial charge on any atom is 0.418 e. The van der Waals surface area contributed by atoms with Crippen molar-refractivity contribution in [1.82, 2.24) is 5.32 Å². The Labute approximate surface area is 130 Å². The first-order valence-electron chi connectivity index (χ1n) is 5.90. The molecule has 0 radical (unpaired) electrons. The summed E-state index contributed by atoms with van der Waals surface area (Å²) < 4.78 is 38.7. The van der Waals surface area contributed by atoms with Crippen molar-refractivity contribution in [2.45, 2.75) is 26.9 Å². The zero-order valence-corrected chi connectivity index (χ0v) is 13.1. The van der Waals surface area contributed by atoms with E-state index in [4.69, 9.17) is 23.8 Å². The third kappa shape index (κ3) is 5.17. The first-order valence-corrected chi connectivity index (χ1v) is 6.69. The molecule has 0 saturated carbocycles. The standard InChI is InChI=1S/C13H14ClF3N2OS/c1-12(2,3)10(20)19-11(21)18-9-5-4-7(14)6-8(9)13(15,16)17/h4-6H,1-3H3,(H2,18,19,20,21). The molecule has 3 nitrogen and oxygen atoms in total. The Morgan fingerprint density at radius 1 is 1.24 bits per heavy atom. The molecule has 0 atom stereocenters. The first-order chi connectivity index (χ1) is 9.41. The molecule has 0 aromatic heterocycles. The Morgan fingerprint density at radius 2 is 1.81 bits per heavy atom. The number of alkyl halides is 3. The topological polar surface area (TPSA) is 41.1 Å². The Balaban J connectivity index is 2.94. The molecule has 0 aliphatic heterocycles. The highest BCUT2D eigenvalue weighted by Gasteiger charge is 2.34. The molecule has 0 heterocycles. The molecule has 0 unspecified atom stereocenters. The second kappa shape index (κ2) is 6.19. The number of carbonyl (C=O) groups is 1. The van der Waals surface area contributed by atoms with Crippen LogP contribution in [0.3, 0.4) is 0 Å². The van der Waals surface area contributed by atoms with Crippen molar-refractivity contribution >= 4 is 40.5 Å². The summed E-state index contributed by atoms with van der Waals surface area (Å²) in [6, 6.07) is 3.24. The van der Waals surface area contributed by atoms with Gasteiger partial charge in [0.15, 0.2) is 5.11 Å². The Hall–Kier alpha value is -1.34. The molecule has 1 amide bonds. The van der Waals surface area contributed by atoms with E-state index in [1.807, 2.05) is 0 Å². The van der Waals surface area contributed by atoms with E-state index >= 15 is 0 Å². The lowest BCUT2D eigenvalue weighted by Crippen LogP contribution is -2.41. The predicted molar refractivity (Wildman–Crippen MR) is 80.3 cm³/mol. The van der Waals surface area contributed by atoms with Crippen molar-refractivity contribution in [3.63, 3.8) is 0 Å². The molecule has 21 heavy (non-hydrogen) atoms. The minimum atomic E-state index is -4.59. The summed E-state index contributed by atoms with van der Waals surface area (Å²) in [5.41, 5.74) is -1.94. The second-order valence-corrected chi connectivity index (χ2v) is 6.19. The summed E-state index contributed by atoms with van der Waals surface area (Å²) in [5, 5.41) is 4.46. The van der Waals surface area contributed by atoms with E-state index in [-0.39, 0.29) is 15.8 Å². The van der Waals surface area contributed by atoms with Crippen LogP contribution in [-0.4, -0.2) is 11.0 Å². The molecule has 0 bridgehead atoms. The van der Waals surface area contributed by atoms with Crippen molar-refractivity contribution in [1.29, 1.82) is 0 Å². The van der Waals surface area contributed by atoms with Gasteiger partial charge in [0.05, 0.1) is 11.3 Å². The lowest BCUT2D eigenvalue weighted by Gasteiger charge is -2.20. The number of hydrogen-bond donors (Lipinski definition) is 2. The molecule has 1 aromatic rings. The summed E-state index contributed by atoms with van der Waals surface area (Å²) in [5.74, 6) is -0.400. The van der Waals surface area contributed by atoms with Crippen molar-refractivity contribution in [2.24, 2.45) is 5.41 Å². The molecule has 0 fully saturated rings. The van der Waals surface area contributed by atoms with Gasteiger partial charge in [-0.25, -0.2) is 0 Å². The predicted octanol–water partition coefficient (Wildman–Crippen LogP) is 4.22. The van der Waals surface area contributed by atoms with Gasteiger partial charge in [0.1, 0.15) is 0 Å². The average molecular weight is 339 g/mol. The molecule has 1 aromatic carbocycles. The summed E-state index contributed by atoms with van der Waals surface area (Å²) >= 11 is 10.4. The van der Waals surface area contributed by atoms with Crippen LogP contribution in [-0.2, 0) is 11.0 Å². The monoisotopic (exact) mass is 338 g/mol. The highest BCUT2D eigenvalue weighted by Crippen LogP contribution is 2.36. The first kappa shape index (κ1) is 17.7. The van der Waals surface area contributed by atoms with Crippen LogP contribution in [0.5, 0.6) is 0 Å². The van der Waals surface area contributed by atoms with E-state index in [1.54, 1.807) is 20.8 Å². The van der Waals surface area contributed by atoms with Gasteiger partial charge in [-0.2, -0.15) is 13.2 Å². The Bertz CT molecular complexity index is 568. The molecular weight excluding hydrogens is 325 g/mol. The van der Waals surface area contributed by atoms with Gasteiger partial charge in [-0.05, 0) is 30.4 Å². The molecule has 0 spiro atoms. The average Bonchev–Trinajstić information content (AvgIpc) is 2.28. The van der Waals surface area contributed by atoms with Crippen LogP contribution in [0.2, 0.25) is 5.02 Å². The van der Waals surface area contributed by atoms with Crippen LogP contribution in [0.1, 0.15) is 26.3 Å². The van der Waals surface area contributed by atoms with Gasteiger partial charge in [-0.15, -0.1) is 0 Å². The van der Waals surface area contributed by atoms with Crippen LogP contribution < -0.4 is 10.6 Å². The van der Waals surface area contributed by atoms with Crippen LogP contribution in [0, 0.1) is 5.41 Å². The molecule has 1 rings (SSSR count). The van der Waals surface area contributed by atoms with Crippen molar-refractivity contribution in [2.75, 3.05) is 5.32 Å². The van der Waals surface area contributed by atoms with E-state index in [0.717, 1.165) is 12.1 Å². The summed E-state index contributed by atoms with van der Waals surface area (Å²) in [6.45, 7) is 4.98. The Kier molecular flexibility index (Phi) is 5.22. The normalized spacial score (nSPS) is 12.0. The van der Waals surface area contributed by atoms with Gasteiger partial charge in [-0.1, -0.05) is 32.4 Å². The van der Waals surface area contributed by atoms with Gasteiger partial charge >= 0.3 is 6.18 Å². The van der Waals surface area contributed by atoms with Gasteiger partial charge in [0.2, 0.25) is 5.91 Å². The maximum atomic E-state index is 12.9. The fraction of sp³-hybridized carbons (Fsp3) is 0.385. The zero-order valence-electron chi connectivity index (χ0n) is 11.6. The highest BCUT2D eigenvalue weighted by atomic mass is 35.5. The van der Waals surface area contributed by atoms with Crippen molar-refractivity contribution < 1.29 is 18.0 Å². The lowest BCUT2D eigenvalue weighted by atomic mass is 9.96. The third-order valence-corrected chi connectivity index (χ3v) is 2.88. The number of amides is 1. The number of hydrogen-bond acceptors (Lipinski definition) is 2. The van der Waals surface area contributed by atoms with Crippen molar-refractivity contribution in [3.05, 3.63) is 28.8 Å². The summed E-state index contributed by atoms with van der Waals surface area (Å²) in [7, 11) is 0. The molecule has 8 heteroatoms. The van der Waals surface area contributed by atoms with Crippen molar-refractivity contribution in [3.8, 4) is 0 Å². The van der Waals surface area contributed by atoms with Gasteiger partial charge in [0.25, 0.3) is 0 Å². The quantitative estimate of drug-likeness (QED) is 0.753. The third-order valence-electron chi connectivity index (χ3n) is 2.44. The van der Waals surface area contributed by atoms with Crippen LogP contribution >= 0.6 is 23.8 Å². The second-order valence-electron chi connectivity index (χ2n) is 5.35. The molecular formula is C13H14ClF3N2OS. The van der Waals surface area contributed by atoms with Crippen LogP contribution in [0.25, 0.3) is 0 Å². The number of rotatable bonds is 1. The number of anilines is 1. The molecule has 2 N–H and O–H groups in total. The van der Waals surface area contributed by atoms with Gasteiger partial charge in [-0.3, -0.25) is 4.79 Å². The molecule has 116 valence electrons. The fourth-order valence-corrected chi connectivity index (χ4v) is 1.68. The minimum Gasteiger partial charge on any atom is -0.332 e. The Morgan fingerprint density at radius 3 is 2.29 bits per heavy atom. The number of halogens is 4. The molecule has 0 aliphatic rings. The molecule has 0 saturated heterocycles. The largest absolute Gasteiger partial charge is 0.418 e. The van der Waals surface area contributed by atoms with E-state index in [1.165, 1.54) is 6.07 Å². The van der Waals surface area contributed by atoms with Gasteiger partial charge < -0.3 is 10.6 Å². The van der Waals surface area contributed by atoms with E-state index in [0.29, 0.717) is 0 Å². The summed E-state index contributed by atoms with van der Waals surface area (Å²) in [6.07, 6.45) is -4.59. The number of benzene rings is 1. The summed E-state index contributed by atoms with van der Waals surface area (Å²) in [4.78, 5) is 11.7. The van der Waals surface area contributed by atoms with E-state index in [9.17, 15) is 18.0 Å². The zero-order chi connectivity index (χ0) is 16.4. The van der Waals surface area contributed by atoms with Crippen LogP contribution in [0.15, 0.2) is 18.2 Å². The fourth-order valence-electron chi connectivity index (χ4n) is 1.30. The maximum absolute atomic E-state index is 12.9. The van der Waals surface area contributed by atoms with E-state index < -0.39 is 23.1 Å². The van der Waals surface area contributed by atoms with E-state index in [2.05, 4.69) is 10.6 Å². The van der Waals surface area contributed by atoms with Crippen LogP contribution in [0.4, 0.5) is 18.9 Å². The SMILES string of the molecule is CC(C)(C)C(=O)NC(=S)Nc1ccc(Cl)cc1C(F)(F)F. The van der Waals surface area contributed by atoms with Gasteiger partial charge in [0, 0.05) is 10.4 Å². The number of nitrogens with one attached hydrogen (secondary N) is 2.